The van der Waals surface area contributed by atoms with E-state index in [1.54, 1.807) is 0 Å². The van der Waals surface area contributed by atoms with Gasteiger partial charge in [0.15, 0.2) is 0 Å². The lowest BCUT2D eigenvalue weighted by atomic mass is 9.87. The Morgan fingerprint density at radius 2 is 1.29 bits per heavy atom. The lowest BCUT2D eigenvalue weighted by molar-refractivity contribution is 1.06. The molecule has 1 heterocycles. The first-order valence-electron chi connectivity index (χ1n) is 14.0. The van der Waals surface area contributed by atoms with Crippen molar-refractivity contribution >= 4 is 45.8 Å². The van der Waals surface area contributed by atoms with Crippen LogP contribution in [0.5, 0.6) is 0 Å². The van der Waals surface area contributed by atoms with Crippen LogP contribution in [-0.4, -0.2) is 9.55 Å². The van der Waals surface area contributed by atoms with Gasteiger partial charge < -0.3 is 0 Å². The molecule has 0 bridgehead atoms. The highest BCUT2D eigenvalue weighted by molar-refractivity contribution is 6.21. The second kappa shape index (κ2) is 11.1. The molecule has 5 aromatic carbocycles. The van der Waals surface area contributed by atoms with Gasteiger partial charge >= 0.3 is 0 Å². The summed E-state index contributed by atoms with van der Waals surface area (Å²) >= 11 is 0. The van der Waals surface area contributed by atoms with E-state index in [1.165, 1.54) is 27.1 Å². The zero-order chi connectivity index (χ0) is 28.3. The molecule has 41 heavy (non-hydrogen) atoms. The molecular weight excluding hydrogens is 496 g/mol. The van der Waals surface area contributed by atoms with Crippen molar-refractivity contribution in [3.63, 3.8) is 0 Å². The van der Waals surface area contributed by atoms with Crippen molar-refractivity contribution in [2.45, 2.75) is 13.8 Å². The van der Waals surface area contributed by atoms with Crippen molar-refractivity contribution in [2.24, 2.45) is 0 Å². The third-order valence-corrected chi connectivity index (χ3v) is 7.61. The van der Waals surface area contributed by atoms with Gasteiger partial charge in [-0.3, -0.25) is 4.57 Å². The average Bonchev–Trinajstić information content (AvgIpc) is 3.38. The fourth-order valence-corrected chi connectivity index (χ4v) is 5.88. The molecule has 0 fully saturated rings. The van der Waals surface area contributed by atoms with Crippen LogP contribution < -0.4 is 10.4 Å². The minimum absolute atomic E-state index is 0.898. The molecule has 0 N–H and O–H groups in total. The van der Waals surface area contributed by atoms with E-state index in [4.69, 9.17) is 4.98 Å². The third-order valence-electron chi connectivity index (χ3n) is 7.61. The van der Waals surface area contributed by atoms with Gasteiger partial charge in [0.2, 0.25) is 0 Å². The van der Waals surface area contributed by atoms with Crippen molar-refractivity contribution in [3.05, 3.63) is 144 Å². The van der Waals surface area contributed by atoms with E-state index in [1.807, 2.05) is 31.2 Å². The van der Waals surface area contributed by atoms with Crippen LogP contribution in [0.1, 0.15) is 25.2 Å². The Morgan fingerprint density at radius 3 is 1.85 bits per heavy atom. The monoisotopic (exact) mass is 528 g/mol. The van der Waals surface area contributed by atoms with Crippen LogP contribution in [0.2, 0.25) is 0 Å². The van der Waals surface area contributed by atoms with Crippen molar-refractivity contribution in [3.8, 4) is 28.2 Å². The van der Waals surface area contributed by atoms with Gasteiger partial charge in [-0.25, -0.2) is 4.98 Å². The second-order valence-electron chi connectivity index (χ2n) is 9.96. The van der Waals surface area contributed by atoms with E-state index in [9.17, 15) is 0 Å². The number of allylic oxidation sites excluding steroid dienone is 2. The number of hydrogen-bond acceptors (Lipinski definition) is 1. The number of rotatable bonds is 6. The Morgan fingerprint density at radius 1 is 0.683 bits per heavy atom. The Kier molecular flexibility index (Phi) is 7.06. The molecule has 0 radical (unpaired) electrons. The van der Waals surface area contributed by atoms with Crippen LogP contribution in [0.15, 0.2) is 122 Å². The molecule has 2 nitrogen and oxygen atoms in total. The van der Waals surface area contributed by atoms with E-state index < -0.39 is 0 Å². The molecule has 0 unspecified atom stereocenters. The molecule has 0 spiro atoms. The highest BCUT2D eigenvalue weighted by atomic mass is 15.1. The van der Waals surface area contributed by atoms with Crippen molar-refractivity contribution < 1.29 is 0 Å². The van der Waals surface area contributed by atoms with Crippen LogP contribution in [0.4, 0.5) is 0 Å². The van der Waals surface area contributed by atoms with E-state index in [0.717, 1.165) is 44.5 Å². The number of para-hydroxylation sites is 1. The molecule has 0 aliphatic heterocycles. The third kappa shape index (κ3) is 4.44. The molecule has 0 atom stereocenters. The zero-order valence-corrected chi connectivity index (χ0v) is 23.5. The SMILES string of the molecule is C=C/C=c1/cc(-c2c3ccccc3c(-c3nc(/C=C\C)c(C=C)n3-c3ccccc3)c3ccccc23)cc/c1=C/C. The molecule has 0 aliphatic rings. The van der Waals surface area contributed by atoms with E-state index >= 15 is 0 Å². The normalized spacial score (nSPS) is 12.5. The summed E-state index contributed by atoms with van der Waals surface area (Å²) in [6, 6.07) is 34.5. The standard InChI is InChI=1S/C39H32N2/c1-5-16-28-26-29(25-24-27(28)7-3)37-31-20-12-14-22-33(31)38(34-23-15-13-21-32(34)37)39-40-35(17-6-2)36(8-4)41(39)30-18-10-9-11-19-30/h5-26H,1,4H2,2-3H3/b17-6-,27-7-,28-16-. The number of fused-ring (bicyclic) bond motifs is 2. The van der Waals surface area contributed by atoms with Gasteiger partial charge in [0.05, 0.1) is 11.4 Å². The first-order chi connectivity index (χ1) is 20.2. The van der Waals surface area contributed by atoms with Gasteiger partial charge in [-0.05, 0) is 87.3 Å². The maximum Gasteiger partial charge on any atom is 0.146 e. The summed E-state index contributed by atoms with van der Waals surface area (Å²) < 4.78 is 2.24. The Hall–Kier alpha value is -5.21. The Labute approximate surface area is 241 Å². The van der Waals surface area contributed by atoms with Crippen LogP contribution in [0.25, 0.3) is 74.1 Å². The van der Waals surface area contributed by atoms with Gasteiger partial charge in [-0.2, -0.15) is 0 Å². The number of imidazole rings is 1. The number of hydrogen-bond donors (Lipinski definition) is 0. The van der Waals surface area contributed by atoms with Crippen molar-refractivity contribution in [1.29, 1.82) is 0 Å². The first-order valence-corrected chi connectivity index (χ1v) is 14.0. The van der Waals surface area contributed by atoms with Gasteiger partial charge in [0.25, 0.3) is 0 Å². The molecule has 0 aliphatic carbocycles. The molecule has 6 rings (SSSR count). The molecule has 6 aromatic rings. The van der Waals surface area contributed by atoms with Crippen LogP contribution in [0, 0.1) is 0 Å². The molecule has 1 aromatic heterocycles. The van der Waals surface area contributed by atoms with E-state index in [0.29, 0.717) is 0 Å². The lowest BCUT2D eigenvalue weighted by Crippen LogP contribution is -2.23. The Balaban J connectivity index is 1.80. The summed E-state index contributed by atoms with van der Waals surface area (Å²) in [5.74, 6) is 0.898. The first kappa shape index (κ1) is 26.0. The average molecular weight is 529 g/mol. The minimum atomic E-state index is 0.898. The zero-order valence-electron chi connectivity index (χ0n) is 23.5. The molecule has 2 heteroatoms. The van der Waals surface area contributed by atoms with Gasteiger partial charge in [0, 0.05) is 11.3 Å². The molecule has 198 valence electrons. The predicted octanol–water partition coefficient (Wildman–Crippen LogP) is 8.96. The highest BCUT2D eigenvalue weighted by Crippen LogP contribution is 2.44. The summed E-state index contributed by atoms with van der Waals surface area (Å²) in [4.78, 5) is 5.27. The molecular formula is C39H32N2. The number of nitrogens with zero attached hydrogens (tertiary/aromatic N) is 2. The van der Waals surface area contributed by atoms with Gasteiger partial charge in [-0.1, -0.05) is 116 Å². The van der Waals surface area contributed by atoms with Crippen LogP contribution in [0.3, 0.4) is 0 Å². The summed E-state index contributed by atoms with van der Waals surface area (Å²) in [7, 11) is 0. The Bertz CT molecular complexity index is 2030. The van der Waals surface area contributed by atoms with Crippen molar-refractivity contribution in [1.82, 2.24) is 9.55 Å². The summed E-state index contributed by atoms with van der Waals surface area (Å²) in [6.45, 7) is 12.2. The minimum Gasteiger partial charge on any atom is -0.292 e. The summed E-state index contributed by atoms with van der Waals surface area (Å²) in [5.41, 5.74) is 6.42. The van der Waals surface area contributed by atoms with Gasteiger partial charge in [-0.15, -0.1) is 0 Å². The second-order valence-corrected chi connectivity index (χ2v) is 9.96. The summed E-state index contributed by atoms with van der Waals surface area (Å²) in [6.07, 6.45) is 12.1. The lowest BCUT2D eigenvalue weighted by Gasteiger charge is -2.18. The quantitative estimate of drug-likeness (QED) is 0.197. The van der Waals surface area contributed by atoms with Crippen molar-refractivity contribution in [2.75, 3.05) is 0 Å². The number of aromatic nitrogens is 2. The molecule has 0 saturated heterocycles. The maximum atomic E-state index is 5.27. The van der Waals surface area contributed by atoms with E-state index in [-0.39, 0.29) is 0 Å². The fourth-order valence-electron chi connectivity index (χ4n) is 5.88. The predicted molar refractivity (Wildman–Crippen MR) is 178 cm³/mol. The highest BCUT2D eigenvalue weighted by Gasteiger charge is 2.23. The van der Waals surface area contributed by atoms with E-state index in [2.05, 4.69) is 134 Å². The molecule has 0 saturated carbocycles. The maximum absolute atomic E-state index is 5.27. The van der Waals surface area contributed by atoms with Crippen LogP contribution in [-0.2, 0) is 0 Å². The topological polar surface area (TPSA) is 17.8 Å². The molecule has 0 amide bonds. The fraction of sp³-hybridized carbons (Fsp3) is 0.0513. The largest absolute Gasteiger partial charge is 0.292 e. The number of benzene rings is 5. The summed E-state index contributed by atoms with van der Waals surface area (Å²) in [5, 5.41) is 7.04. The van der Waals surface area contributed by atoms with Crippen LogP contribution >= 0.6 is 0 Å². The smallest absolute Gasteiger partial charge is 0.146 e. The van der Waals surface area contributed by atoms with Gasteiger partial charge in [0.1, 0.15) is 5.82 Å².